The Labute approximate surface area is 141 Å². The number of aliphatic hydroxyl groups excluding tert-OH is 1. The van der Waals surface area contributed by atoms with Gasteiger partial charge in [0.05, 0.1) is 25.2 Å². The molecule has 0 aliphatic carbocycles. The number of likely N-dealkylation sites (tertiary alicyclic amines) is 2. The molecule has 1 spiro atoms. The summed E-state index contributed by atoms with van der Waals surface area (Å²) in [6.45, 7) is 3.95. The Kier molecular flexibility index (Phi) is 5.47. The van der Waals surface area contributed by atoms with Crippen LogP contribution in [0.4, 0.5) is 0 Å². The van der Waals surface area contributed by atoms with Gasteiger partial charge in [-0.25, -0.2) is 0 Å². The van der Waals surface area contributed by atoms with E-state index in [1.165, 1.54) is 0 Å². The van der Waals surface area contributed by atoms with Crippen molar-refractivity contribution in [2.24, 2.45) is 5.41 Å². The highest BCUT2D eigenvalue weighted by Crippen LogP contribution is 2.40. The van der Waals surface area contributed by atoms with E-state index in [-0.39, 0.29) is 17.9 Å². The van der Waals surface area contributed by atoms with Crippen LogP contribution in [0.1, 0.15) is 31.0 Å². The fraction of sp³-hybridized carbons (Fsp3) is 0.812. The van der Waals surface area contributed by atoms with Gasteiger partial charge in [-0.15, -0.1) is 0 Å². The Balaban J connectivity index is 1.58. The molecule has 2 saturated heterocycles. The molecule has 1 amide bonds. The molecule has 24 heavy (non-hydrogen) atoms. The number of amides is 1. The minimum atomic E-state index is -0.299. The number of aromatic nitrogens is 2. The maximum Gasteiger partial charge on any atom is 0.240 e. The van der Waals surface area contributed by atoms with Crippen LogP contribution in [0.2, 0.25) is 0 Å². The van der Waals surface area contributed by atoms with Crippen molar-refractivity contribution in [2.75, 3.05) is 46.5 Å². The van der Waals surface area contributed by atoms with Crippen LogP contribution in [-0.2, 0) is 22.5 Å². The van der Waals surface area contributed by atoms with Crippen LogP contribution in [0.25, 0.3) is 0 Å². The predicted molar refractivity (Wildman–Crippen MR) is 85.1 cm³/mol. The molecule has 1 aromatic heterocycles. The summed E-state index contributed by atoms with van der Waals surface area (Å²) in [5.41, 5.74) is -0.299. The lowest BCUT2D eigenvalue weighted by atomic mass is 9.78. The Bertz CT molecular complexity index is 562. The summed E-state index contributed by atoms with van der Waals surface area (Å²) in [4.78, 5) is 21.2. The first-order valence-electron chi connectivity index (χ1n) is 8.60. The summed E-state index contributed by atoms with van der Waals surface area (Å²) < 4.78 is 10.3. The zero-order valence-electron chi connectivity index (χ0n) is 14.2. The van der Waals surface area contributed by atoms with Crippen molar-refractivity contribution < 1.29 is 19.2 Å². The minimum Gasteiger partial charge on any atom is -0.395 e. The minimum absolute atomic E-state index is 0.0256. The SMILES string of the molecule is COCCc1noc(CN2CCC3(CCCN(CCO)C3=O)C2)n1. The van der Waals surface area contributed by atoms with Gasteiger partial charge in [-0.05, 0) is 25.8 Å². The largest absolute Gasteiger partial charge is 0.395 e. The number of hydrogen-bond acceptors (Lipinski definition) is 7. The number of methoxy groups -OCH3 is 1. The number of aliphatic hydroxyl groups is 1. The van der Waals surface area contributed by atoms with E-state index in [0.29, 0.717) is 37.8 Å². The number of hydrogen-bond donors (Lipinski definition) is 1. The maximum absolute atomic E-state index is 12.8. The average molecular weight is 338 g/mol. The number of ether oxygens (including phenoxy) is 1. The first-order valence-corrected chi connectivity index (χ1v) is 8.60. The van der Waals surface area contributed by atoms with Crippen molar-refractivity contribution in [3.8, 4) is 0 Å². The third kappa shape index (κ3) is 3.60. The van der Waals surface area contributed by atoms with Gasteiger partial charge >= 0.3 is 0 Å². The van der Waals surface area contributed by atoms with Crippen LogP contribution in [0.15, 0.2) is 4.52 Å². The number of nitrogens with zero attached hydrogens (tertiary/aromatic N) is 4. The zero-order valence-corrected chi connectivity index (χ0v) is 14.2. The highest BCUT2D eigenvalue weighted by Gasteiger charge is 2.48. The lowest BCUT2D eigenvalue weighted by molar-refractivity contribution is -0.146. The molecular formula is C16H26N4O4. The number of rotatable bonds is 7. The van der Waals surface area contributed by atoms with Gasteiger partial charge < -0.3 is 19.3 Å². The van der Waals surface area contributed by atoms with Crippen molar-refractivity contribution in [1.82, 2.24) is 19.9 Å². The average Bonchev–Trinajstić information content (AvgIpc) is 3.19. The van der Waals surface area contributed by atoms with Gasteiger partial charge in [-0.3, -0.25) is 9.69 Å². The maximum atomic E-state index is 12.8. The Morgan fingerprint density at radius 1 is 1.38 bits per heavy atom. The van der Waals surface area contributed by atoms with E-state index in [4.69, 9.17) is 14.4 Å². The molecule has 0 saturated carbocycles. The molecule has 1 aromatic rings. The molecule has 0 radical (unpaired) electrons. The second kappa shape index (κ2) is 7.58. The molecule has 8 heteroatoms. The third-order valence-electron chi connectivity index (χ3n) is 5.03. The predicted octanol–water partition coefficient (Wildman–Crippen LogP) is 0.0653. The van der Waals surface area contributed by atoms with E-state index in [9.17, 15) is 4.79 Å². The molecule has 134 valence electrons. The molecule has 0 bridgehead atoms. The monoisotopic (exact) mass is 338 g/mol. The van der Waals surface area contributed by atoms with Gasteiger partial charge in [0, 0.05) is 33.2 Å². The van der Waals surface area contributed by atoms with E-state index in [1.54, 1.807) is 7.11 Å². The quantitative estimate of drug-likeness (QED) is 0.752. The van der Waals surface area contributed by atoms with Crippen LogP contribution >= 0.6 is 0 Å². The van der Waals surface area contributed by atoms with Crippen LogP contribution in [0, 0.1) is 5.41 Å². The third-order valence-corrected chi connectivity index (χ3v) is 5.03. The lowest BCUT2D eigenvalue weighted by Gasteiger charge is -2.39. The molecule has 0 aromatic carbocycles. The van der Waals surface area contributed by atoms with Gasteiger partial charge in [0.2, 0.25) is 11.8 Å². The first kappa shape index (κ1) is 17.3. The second-order valence-electron chi connectivity index (χ2n) is 6.71. The molecule has 2 aliphatic rings. The van der Waals surface area contributed by atoms with Gasteiger partial charge in [0.1, 0.15) is 0 Å². The zero-order chi connectivity index (χ0) is 17.0. The summed E-state index contributed by atoms with van der Waals surface area (Å²) in [7, 11) is 1.64. The van der Waals surface area contributed by atoms with E-state index in [1.807, 2.05) is 4.90 Å². The normalized spacial score (nSPS) is 25.1. The number of carbonyl (C=O) groups excluding carboxylic acids is 1. The molecule has 3 rings (SSSR count). The van der Waals surface area contributed by atoms with E-state index >= 15 is 0 Å². The highest BCUT2D eigenvalue weighted by molar-refractivity contribution is 5.84. The molecule has 2 aliphatic heterocycles. The molecule has 2 fully saturated rings. The van der Waals surface area contributed by atoms with Crippen molar-refractivity contribution in [2.45, 2.75) is 32.2 Å². The number of carbonyl (C=O) groups is 1. The smallest absolute Gasteiger partial charge is 0.240 e. The van der Waals surface area contributed by atoms with Crippen molar-refractivity contribution in [1.29, 1.82) is 0 Å². The summed E-state index contributed by atoms with van der Waals surface area (Å²) in [6, 6.07) is 0. The van der Waals surface area contributed by atoms with E-state index in [2.05, 4.69) is 15.0 Å². The van der Waals surface area contributed by atoms with E-state index < -0.39 is 0 Å². The lowest BCUT2D eigenvalue weighted by Crippen LogP contribution is -2.50. The fourth-order valence-electron chi connectivity index (χ4n) is 3.80. The summed E-state index contributed by atoms with van der Waals surface area (Å²) in [5, 5.41) is 13.1. The topological polar surface area (TPSA) is 91.9 Å². The molecule has 8 nitrogen and oxygen atoms in total. The molecule has 1 atom stereocenters. The van der Waals surface area contributed by atoms with Crippen molar-refractivity contribution in [3.63, 3.8) is 0 Å². The van der Waals surface area contributed by atoms with E-state index in [0.717, 1.165) is 38.9 Å². The van der Waals surface area contributed by atoms with Gasteiger partial charge in [0.15, 0.2) is 5.82 Å². The summed E-state index contributed by atoms with van der Waals surface area (Å²) in [6.07, 6.45) is 3.42. The van der Waals surface area contributed by atoms with Crippen molar-refractivity contribution >= 4 is 5.91 Å². The number of β-amino-alcohol motifs (C(OH)–C–C–N with tert-alkyl or cyclic N) is 1. The van der Waals surface area contributed by atoms with Gasteiger partial charge in [-0.1, -0.05) is 5.16 Å². The van der Waals surface area contributed by atoms with Gasteiger partial charge in [-0.2, -0.15) is 4.98 Å². The second-order valence-corrected chi connectivity index (χ2v) is 6.71. The van der Waals surface area contributed by atoms with Crippen LogP contribution in [0.5, 0.6) is 0 Å². The molecule has 1 unspecified atom stereocenters. The fourth-order valence-corrected chi connectivity index (χ4v) is 3.80. The Morgan fingerprint density at radius 2 is 2.25 bits per heavy atom. The first-order chi connectivity index (χ1) is 11.7. The van der Waals surface area contributed by atoms with Gasteiger partial charge in [0.25, 0.3) is 0 Å². The molecule has 1 N–H and O–H groups in total. The van der Waals surface area contributed by atoms with Crippen LogP contribution in [0.3, 0.4) is 0 Å². The van der Waals surface area contributed by atoms with Crippen LogP contribution < -0.4 is 0 Å². The molecule has 3 heterocycles. The van der Waals surface area contributed by atoms with Crippen molar-refractivity contribution in [3.05, 3.63) is 11.7 Å². The number of piperidine rings is 1. The summed E-state index contributed by atoms with van der Waals surface area (Å²) in [5.74, 6) is 1.44. The van der Waals surface area contributed by atoms with Crippen LogP contribution in [-0.4, -0.2) is 77.5 Å². The molecular weight excluding hydrogens is 312 g/mol. The highest BCUT2D eigenvalue weighted by atomic mass is 16.5. The summed E-state index contributed by atoms with van der Waals surface area (Å²) >= 11 is 0. The Hall–Kier alpha value is -1.51. The standard InChI is InChI=1S/C16H26N4O4/c1-23-10-3-13-17-14(24-18-13)11-19-7-5-16(12-19)4-2-6-20(8-9-21)15(16)22/h21H,2-12H2,1H3. The Morgan fingerprint density at radius 3 is 3.04 bits per heavy atom.